The van der Waals surface area contributed by atoms with Gasteiger partial charge in [0.2, 0.25) is 10.0 Å². The first kappa shape index (κ1) is 20.4. The van der Waals surface area contributed by atoms with Crippen molar-refractivity contribution in [2.75, 3.05) is 25.9 Å². The molecular weight excluding hydrogens is 420 g/mol. The number of rotatable bonds is 2. The van der Waals surface area contributed by atoms with Gasteiger partial charge in [0.25, 0.3) is 11.5 Å². The Morgan fingerprint density at radius 1 is 1.19 bits per heavy atom. The maximum absolute atomic E-state index is 13.2. The van der Waals surface area contributed by atoms with Gasteiger partial charge in [-0.25, -0.2) is 13.4 Å². The number of hydrogen-bond acceptors (Lipinski definition) is 6. The zero-order valence-electron chi connectivity index (χ0n) is 17.7. The standard InChI is InChI=1S/C20H26N6O4S/c1-23-7-3-16(22-23)19(28)24-9-5-20(6-10-24)11-17-21-15-4-8-25(31(2,29)30)12-14(15)18(27)26(17)13-20/h3,7H,4-6,8-13H2,1-2H3. The van der Waals surface area contributed by atoms with Crippen LogP contribution < -0.4 is 5.56 Å². The predicted octanol–water partition coefficient (Wildman–Crippen LogP) is -0.227. The quantitative estimate of drug-likeness (QED) is 0.630. The van der Waals surface area contributed by atoms with Crippen LogP contribution in [-0.2, 0) is 43.0 Å². The topological polar surface area (TPSA) is 110 Å². The molecule has 166 valence electrons. The number of carbonyl (C=O) groups excluding carboxylic acids is 1. The zero-order chi connectivity index (χ0) is 22.0. The molecule has 11 heteroatoms. The normalized spacial score (nSPS) is 20.6. The van der Waals surface area contributed by atoms with Gasteiger partial charge < -0.3 is 4.90 Å². The van der Waals surface area contributed by atoms with Crippen molar-refractivity contribution >= 4 is 15.9 Å². The molecule has 2 aromatic heterocycles. The van der Waals surface area contributed by atoms with Crippen molar-refractivity contribution in [2.45, 2.75) is 38.8 Å². The predicted molar refractivity (Wildman–Crippen MR) is 112 cm³/mol. The maximum Gasteiger partial charge on any atom is 0.274 e. The summed E-state index contributed by atoms with van der Waals surface area (Å²) in [5, 5.41) is 4.21. The molecule has 1 spiro atoms. The highest BCUT2D eigenvalue weighted by molar-refractivity contribution is 7.88. The van der Waals surface area contributed by atoms with Crippen LogP contribution >= 0.6 is 0 Å². The van der Waals surface area contributed by atoms with Gasteiger partial charge in [0.05, 0.1) is 17.5 Å². The molecule has 1 saturated heterocycles. The van der Waals surface area contributed by atoms with Crippen LogP contribution in [0.15, 0.2) is 17.1 Å². The third kappa shape index (κ3) is 3.49. The first-order valence-electron chi connectivity index (χ1n) is 10.5. The molecule has 0 atom stereocenters. The van der Waals surface area contributed by atoms with Crippen LogP contribution in [0.1, 0.15) is 40.4 Å². The zero-order valence-corrected chi connectivity index (χ0v) is 18.6. The number of carbonyl (C=O) groups is 1. The van der Waals surface area contributed by atoms with Crippen molar-refractivity contribution < 1.29 is 13.2 Å². The van der Waals surface area contributed by atoms with Gasteiger partial charge in [0.15, 0.2) is 0 Å². The highest BCUT2D eigenvalue weighted by Crippen LogP contribution is 2.41. The molecule has 1 fully saturated rings. The Hall–Kier alpha value is -2.53. The number of likely N-dealkylation sites (tertiary alicyclic amines) is 1. The molecule has 31 heavy (non-hydrogen) atoms. The molecule has 0 bridgehead atoms. The Bertz CT molecular complexity index is 1220. The van der Waals surface area contributed by atoms with Gasteiger partial charge in [0.1, 0.15) is 11.5 Å². The molecule has 0 N–H and O–H groups in total. The minimum Gasteiger partial charge on any atom is -0.337 e. The lowest BCUT2D eigenvalue weighted by Crippen LogP contribution is -2.44. The molecule has 0 aromatic carbocycles. The number of hydrogen-bond donors (Lipinski definition) is 0. The van der Waals surface area contributed by atoms with Crippen LogP contribution in [0.3, 0.4) is 0 Å². The molecule has 1 amide bonds. The molecule has 10 nitrogen and oxygen atoms in total. The number of fused-ring (bicyclic) bond motifs is 2. The first-order valence-corrected chi connectivity index (χ1v) is 12.4. The monoisotopic (exact) mass is 446 g/mol. The summed E-state index contributed by atoms with van der Waals surface area (Å²) in [6.07, 6.45) is 5.72. The fourth-order valence-electron chi connectivity index (χ4n) is 5.06. The summed E-state index contributed by atoms with van der Waals surface area (Å²) < 4.78 is 28.6. The molecule has 0 aliphatic carbocycles. The molecule has 5 heterocycles. The smallest absolute Gasteiger partial charge is 0.274 e. The van der Waals surface area contributed by atoms with Crippen molar-refractivity contribution in [3.8, 4) is 0 Å². The second-order valence-corrected chi connectivity index (χ2v) is 11.0. The molecule has 0 unspecified atom stereocenters. The average Bonchev–Trinajstić information content (AvgIpc) is 3.31. The van der Waals surface area contributed by atoms with E-state index in [-0.39, 0.29) is 23.4 Å². The first-order chi connectivity index (χ1) is 14.7. The van der Waals surface area contributed by atoms with E-state index in [2.05, 4.69) is 5.10 Å². The van der Waals surface area contributed by atoms with Crippen LogP contribution in [-0.4, -0.2) is 68.8 Å². The molecule has 0 radical (unpaired) electrons. The van der Waals surface area contributed by atoms with Crippen molar-refractivity contribution in [2.24, 2.45) is 12.5 Å². The largest absolute Gasteiger partial charge is 0.337 e. The van der Waals surface area contributed by atoms with Crippen LogP contribution in [0, 0.1) is 5.41 Å². The van der Waals surface area contributed by atoms with E-state index in [1.54, 1.807) is 28.6 Å². The molecule has 3 aliphatic rings. The number of sulfonamides is 1. The van der Waals surface area contributed by atoms with Gasteiger partial charge in [0, 0.05) is 58.8 Å². The van der Waals surface area contributed by atoms with E-state index < -0.39 is 10.0 Å². The lowest BCUT2D eigenvalue weighted by molar-refractivity contribution is 0.0569. The summed E-state index contributed by atoms with van der Waals surface area (Å²) in [6, 6.07) is 1.73. The van der Waals surface area contributed by atoms with E-state index in [1.165, 1.54) is 10.6 Å². The number of amides is 1. The number of nitrogens with zero attached hydrogens (tertiary/aromatic N) is 6. The summed E-state index contributed by atoms with van der Waals surface area (Å²) in [5.74, 6) is 0.735. The minimum atomic E-state index is -3.35. The van der Waals surface area contributed by atoms with Crippen molar-refractivity contribution in [3.05, 3.63) is 45.4 Å². The van der Waals surface area contributed by atoms with Gasteiger partial charge in [-0.1, -0.05) is 0 Å². The molecule has 2 aromatic rings. The van der Waals surface area contributed by atoms with E-state index in [0.717, 1.165) is 30.8 Å². The lowest BCUT2D eigenvalue weighted by atomic mass is 9.77. The summed E-state index contributed by atoms with van der Waals surface area (Å²) >= 11 is 0. The molecule has 5 rings (SSSR count). The Kier molecular flexibility index (Phi) is 4.60. The van der Waals surface area contributed by atoms with E-state index in [0.29, 0.717) is 43.9 Å². The highest BCUT2D eigenvalue weighted by atomic mass is 32.2. The average molecular weight is 447 g/mol. The number of aromatic nitrogens is 4. The van der Waals surface area contributed by atoms with Crippen LogP contribution in [0.4, 0.5) is 0 Å². The second-order valence-electron chi connectivity index (χ2n) is 9.03. The van der Waals surface area contributed by atoms with Crippen LogP contribution in [0.5, 0.6) is 0 Å². The fraction of sp³-hybridized carbons (Fsp3) is 0.600. The summed E-state index contributed by atoms with van der Waals surface area (Å²) in [7, 11) is -1.56. The molecule has 0 saturated carbocycles. The van der Waals surface area contributed by atoms with Gasteiger partial charge in [-0.05, 0) is 24.3 Å². The van der Waals surface area contributed by atoms with E-state index >= 15 is 0 Å². The van der Waals surface area contributed by atoms with E-state index in [9.17, 15) is 18.0 Å². The van der Waals surface area contributed by atoms with Crippen molar-refractivity contribution in [1.82, 2.24) is 28.5 Å². The number of aryl methyl sites for hydroxylation is 1. The highest BCUT2D eigenvalue weighted by Gasteiger charge is 2.43. The number of piperidine rings is 1. The van der Waals surface area contributed by atoms with Crippen LogP contribution in [0.25, 0.3) is 0 Å². The summed E-state index contributed by atoms with van der Waals surface area (Å²) in [5.41, 5.74) is 1.49. The Balaban J connectivity index is 1.34. The van der Waals surface area contributed by atoms with Crippen molar-refractivity contribution in [3.63, 3.8) is 0 Å². The van der Waals surface area contributed by atoms with Gasteiger partial charge in [-0.3, -0.25) is 18.8 Å². The van der Waals surface area contributed by atoms with Gasteiger partial charge in [-0.15, -0.1) is 0 Å². The molecule has 3 aliphatic heterocycles. The van der Waals surface area contributed by atoms with E-state index in [4.69, 9.17) is 4.98 Å². The summed E-state index contributed by atoms with van der Waals surface area (Å²) in [4.78, 5) is 32.5. The SMILES string of the molecule is Cn1ccc(C(=O)N2CCC3(CC2)Cc2nc4c(c(=O)n2C3)CN(S(C)(=O)=O)CC4)n1. The van der Waals surface area contributed by atoms with Gasteiger partial charge in [-0.2, -0.15) is 9.40 Å². The van der Waals surface area contributed by atoms with Crippen LogP contribution in [0.2, 0.25) is 0 Å². The minimum absolute atomic E-state index is 0.0578. The Morgan fingerprint density at radius 2 is 1.94 bits per heavy atom. The third-order valence-corrected chi connectivity index (χ3v) is 8.15. The van der Waals surface area contributed by atoms with E-state index in [1.807, 2.05) is 4.90 Å². The van der Waals surface area contributed by atoms with Gasteiger partial charge >= 0.3 is 0 Å². The Morgan fingerprint density at radius 3 is 2.58 bits per heavy atom. The van der Waals surface area contributed by atoms with Crippen molar-refractivity contribution in [1.29, 1.82) is 0 Å². The summed E-state index contributed by atoms with van der Waals surface area (Å²) in [6.45, 7) is 2.28. The lowest BCUT2D eigenvalue weighted by Gasteiger charge is -2.38. The second kappa shape index (κ2) is 6.99. The Labute approximate surface area is 180 Å². The molecular formula is C20H26N6O4S. The third-order valence-electron chi connectivity index (χ3n) is 6.90. The maximum atomic E-state index is 13.2. The fourth-order valence-corrected chi connectivity index (χ4v) is 5.84.